The van der Waals surface area contributed by atoms with E-state index >= 15 is 0 Å². The molecular weight excluding hydrogens is 356 g/mol. The van der Waals surface area contributed by atoms with Gasteiger partial charge in [-0.2, -0.15) is 0 Å². The smallest absolute Gasteiger partial charge is 0.306 e. The van der Waals surface area contributed by atoms with Crippen molar-refractivity contribution in [1.29, 1.82) is 0 Å². The maximum absolute atomic E-state index is 12.2. The van der Waals surface area contributed by atoms with Gasteiger partial charge in [-0.15, -0.1) is 0 Å². The molecule has 1 amide bonds. The van der Waals surface area contributed by atoms with Gasteiger partial charge in [-0.25, -0.2) is 0 Å². The number of piperazine rings is 1. The van der Waals surface area contributed by atoms with Crippen LogP contribution in [0.1, 0.15) is 31.4 Å². The number of quaternary nitrogens is 2. The fourth-order valence-corrected chi connectivity index (χ4v) is 3.60. The van der Waals surface area contributed by atoms with Crippen LogP contribution in [0.5, 0.6) is 0 Å². The summed E-state index contributed by atoms with van der Waals surface area (Å²) in [6.45, 7) is 7.15. The van der Waals surface area contributed by atoms with Crippen LogP contribution >= 0.6 is 0 Å². The van der Waals surface area contributed by atoms with E-state index in [1.165, 1.54) is 16.2 Å². The lowest BCUT2D eigenvalue weighted by atomic mass is 10.0. The summed E-state index contributed by atoms with van der Waals surface area (Å²) in [5.41, 5.74) is 2.41. The van der Waals surface area contributed by atoms with Crippen LogP contribution in [-0.2, 0) is 14.3 Å². The van der Waals surface area contributed by atoms with Gasteiger partial charge < -0.3 is 24.8 Å². The molecule has 3 N–H and O–H groups in total. The molecule has 1 heterocycles. The van der Waals surface area contributed by atoms with Crippen molar-refractivity contribution in [3.05, 3.63) is 29.8 Å². The van der Waals surface area contributed by atoms with E-state index in [1.807, 2.05) is 14.1 Å². The van der Waals surface area contributed by atoms with E-state index in [1.54, 1.807) is 11.8 Å². The summed E-state index contributed by atoms with van der Waals surface area (Å²) >= 11 is 0. The van der Waals surface area contributed by atoms with Gasteiger partial charge in [-0.3, -0.25) is 9.59 Å². The van der Waals surface area contributed by atoms with Gasteiger partial charge in [0, 0.05) is 31.8 Å². The number of carbonyl (C=O) groups excluding carboxylic acids is 2. The van der Waals surface area contributed by atoms with Crippen LogP contribution in [0.2, 0.25) is 0 Å². The summed E-state index contributed by atoms with van der Waals surface area (Å²) in [7, 11) is 6.30. The molecule has 2 rings (SSSR count). The molecule has 1 fully saturated rings. The number of ether oxygens (including phenoxy) is 1. The van der Waals surface area contributed by atoms with Gasteiger partial charge in [0.2, 0.25) is 5.91 Å². The normalized spacial score (nSPS) is 20.3. The van der Waals surface area contributed by atoms with Crippen molar-refractivity contribution in [3.63, 3.8) is 0 Å². The maximum Gasteiger partial charge on any atom is 0.306 e. The van der Waals surface area contributed by atoms with E-state index in [0.717, 1.165) is 26.2 Å². The lowest BCUT2D eigenvalue weighted by Crippen LogP contribution is -3.27. The van der Waals surface area contributed by atoms with Crippen LogP contribution in [0.3, 0.4) is 0 Å². The fourth-order valence-electron chi connectivity index (χ4n) is 3.60. The van der Waals surface area contributed by atoms with E-state index in [9.17, 15) is 9.59 Å². The van der Waals surface area contributed by atoms with Gasteiger partial charge in [0.15, 0.2) is 0 Å². The predicted octanol–water partition coefficient (Wildman–Crippen LogP) is -1.33. The number of nitrogens with one attached hydrogen (secondary N) is 3. The lowest BCUT2D eigenvalue weighted by molar-refractivity contribution is -1.02. The average Bonchev–Trinajstić information content (AvgIpc) is 2.68. The molecule has 1 atom stereocenters. The van der Waals surface area contributed by atoms with E-state index in [-0.39, 0.29) is 30.8 Å². The minimum atomic E-state index is -0.318. The third kappa shape index (κ3) is 6.80. The Labute approximate surface area is 168 Å². The quantitative estimate of drug-likeness (QED) is 0.456. The number of hydrogen-bond acceptors (Lipinski definition) is 4. The molecule has 1 aromatic carbocycles. The second-order valence-electron chi connectivity index (χ2n) is 7.76. The van der Waals surface area contributed by atoms with Crippen LogP contribution in [0.4, 0.5) is 5.69 Å². The molecule has 1 aliphatic heterocycles. The predicted molar refractivity (Wildman–Crippen MR) is 110 cm³/mol. The average molecular weight is 393 g/mol. The van der Waals surface area contributed by atoms with Crippen molar-refractivity contribution in [2.45, 2.75) is 25.8 Å². The highest BCUT2D eigenvalue weighted by molar-refractivity contribution is 5.81. The summed E-state index contributed by atoms with van der Waals surface area (Å²) in [6, 6.07) is 8.82. The highest BCUT2D eigenvalue weighted by Gasteiger charge is 2.29. The Balaban J connectivity index is 2.00. The number of hydrogen-bond donors (Lipinski definition) is 3. The molecule has 0 saturated carbocycles. The molecular formula is C21H36N4O3+2. The summed E-state index contributed by atoms with van der Waals surface area (Å²) in [5.74, 6) is -0.414. The summed E-state index contributed by atoms with van der Waals surface area (Å²) in [4.78, 5) is 28.8. The third-order valence-corrected chi connectivity index (χ3v) is 5.42. The molecule has 0 radical (unpaired) electrons. The standard InChI is InChI=1S/C21H34N4O3/c1-5-28-21(27)11-10-20(26)22-16-19(25-14-12-24(4)13-15-25)17-6-8-18(9-7-17)23(2)3/h6-9,19H,5,10-16H2,1-4H3,(H,22,26)/p+2/t19-/m0/s1. The summed E-state index contributed by atoms with van der Waals surface area (Å²) in [6.07, 6.45) is 0.305. The number of amides is 1. The Kier molecular flexibility index (Phi) is 8.73. The number of nitrogens with zero attached hydrogens (tertiary/aromatic N) is 1. The Morgan fingerprint density at radius 2 is 1.75 bits per heavy atom. The van der Waals surface area contributed by atoms with Crippen molar-refractivity contribution in [2.75, 3.05) is 65.4 Å². The van der Waals surface area contributed by atoms with Crippen molar-refractivity contribution >= 4 is 17.6 Å². The monoisotopic (exact) mass is 392 g/mol. The van der Waals surface area contributed by atoms with Gasteiger partial charge in [0.25, 0.3) is 0 Å². The lowest BCUT2D eigenvalue weighted by Gasteiger charge is -2.33. The molecule has 1 aliphatic rings. The van der Waals surface area contributed by atoms with Crippen LogP contribution in [-0.4, -0.2) is 72.4 Å². The largest absolute Gasteiger partial charge is 0.466 e. The Hall–Kier alpha value is -2.12. The van der Waals surface area contributed by atoms with Gasteiger partial charge in [0.1, 0.15) is 32.2 Å². The van der Waals surface area contributed by atoms with E-state index < -0.39 is 0 Å². The first-order valence-electron chi connectivity index (χ1n) is 10.3. The fraction of sp³-hybridized carbons (Fsp3) is 0.619. The number of likely N-dealkylation sites (N-methyl/N-ethyl adjacent to an activating group) is 1. The van der Waals surface area contributed by atoms with Gasteiger partial charge >= 0.3 is 5.97 Å². The zero-order valence-corrected chi connectivity index (χ0v) is 17.7. The molecule has 0 aliphatic carbocycles. The van der Waals surface area contributed by atoms with Crippen molar-refractivity contribution in [3.8, 4) is 0 Å². The number of rotatable bonds is 9. The second kappa shape index (κ2) is 11.0. The maximum atomic E-state index is 12.2. The van der Waals surface area contributed by atoms with E-state index in [2.05, 4.69) is 41.5 Å². The van der Waals surface area contributed by atoms with Crippen molar-refractivity contribution in [1.82, 2.24) is 5.32 Å². The third-order valence-electron chi connectivity index (χ3n) is 5.42. The molecule has 0 unspecified atom stereocenters. The zero-order chi connectivity index (χ0) is 20.5. The summed E-state index contributed by atoms with van der Waals surface area (Å²) in [5, 5.41) is 3.04. The molecule has 1 aromatic rings. The highest BCUT2D eigenvalue weighted by Crippen LogP contribution is 2.16. The van der Waals surface area contributed by atoms with E-state index in [0.29, 0.717) is 13.2 Å². The molecule has 28 heavy (non-hydrogen) atoms. The first kappa shape index (κ1) is 22.2. The molecule has 156 valence electrons. The Bertz CT molecular complexity index is 625. The van der Waals surface area contributed by atoms with E-state index in [4.69, 9.17) is 4.74 Å². The Morgan fingerprint density at radius 1 is 1.11 bits per heavy atom. The number of carbonyl (C=O) groups is 2. The van der Waals surface area contributed by atoms with Gasteiger partial charge in [-0.05, 0) is 19.1 Å². The Morgan fingerprint density at radius 3 is 2.32 bits per heavy atom. The molecule has 0 bridgehead atoms. The zero-order valence-electron chi connectivity index (χ0n) is 17.7. The van der Waals surface area contributed by atoms with Gasteiger partial charge in [0.05, 0.1) is 26.6 Å². The topological polar surface area (TPSA) is 67.5 Å². The molecule has 7 heteroatoms. The van der Waals surface area contributed by atoms with Crippen LogP contribution in [0.25, 0.3) is 0 Å². The first-order valence-corrected chi connectivity index (χ1v) is 10.3. The minimum absolute atomic E-state index is 0.0953. The minimum Gasteiger partial charge on any atom is -0.466 e. The molecule has 7 nitrogen and oxygen atoms in total. The van der Waals surface area contributed by atoms with Gasteiger partial charge in [-0.1, -0.05) is 12.1 Å². The molecule has 0 spiro atoms. The van der Waals surface area contributed by atoms with Crippen LogP contribution in [0, 0.1) is 0 Å². The molecule has 0 aromatic heterocycles. The number of anilines is 1. The van der Waals surface area contributed by atoms with Crippen LogP contribution < -0.4 is 20.0 Å². The SMILES string of the molecule is CCOC(=O)CCC(=O)NC[C@@H](c1ccc(N(C)C)cc1)[NH+]1CC[NH+](C)CC1. The number of benzene rings is 1. The summed E-state index contributed by atoms with van der Waals surface area (Å²) < 4.78 is 4.89. The number of esters is 1. The van der Waals surface area contributed by atoms with Crippen molar-refractivity contribution < 1.29 is 24.1 Å². The van der Waals surface area contributed by atoms with Crippen molar-refractivity contribution in [2.24, 2.45) is 0 Å². The highest BCUT2D eigenvalue weighted by atomic mass is 16.5. The first-order chi connectivity index (χ1) is 13.4. The second-order valence-corrected chi connectivity index (χ2v) is 7.76. The van der Waals surface area contributed by atoms with Crippen LogP contribution in [0.15, 0.2) is 24.3 Å². The molecule has 1 saturated heterocycles.